The molecule has 0 amide bonds. The maximum absolute atomic E-state index is 9.78. The summed E-state index contributed by atoms with van der Waals surface area (Å²) in [4.78, 5) is 0. The monoisotopic (exact) mass is 428 g/mol. The Balaban J connectivity index is 0.00000176. The van der Waals surface area contributed by atoms with Crippen LogP contribution in [0.4, 0.5) is 0 Å². The van der Waals surface area contributed by atoms with Crippen LogP contribution in [-0.4, -0.2) is 27.0 Å². The Bertz CT molecular complexity index is 1040. The molecule has 0 spiro atoms. The van der Waals surface area contributed by atoms with Crippen molar-refractivity contribution in [2.24, 2.45) is 0 Å². The molecule has 0 bridgehead atoms. The molecule has 3 aromatic carbocycles. The van der Waals surface area contributed by atoms with E-state index in [1.54, 1.807) is 42.5 Å². The van der Waals surface area contributed by atoms with Gasteiger partial charge in [-0.1, -0.05) is 54.6 Å². The predicted molar refractivity (Wildman–Crippen MR) is 131 cm³/mol. The van der Waals surface area contributed by atoms with E-state index in [4.69, 9.17) is 0 Å². The summed E-state index contributed by atoms with van der Waals surface area (Å²) in [5, 5.41) is 38.6. The van der Waals surface area contributed by atoms with Gasteiger partial charge in [0.05, 0.1) is 6.61 Å². The average molecular weight is 429 g/mol. The molecule has 3 aromatic rings. The van der Waals surface area contributed by atoms with Crippen molar-refractivity contribution in [3.63, 3.8) is 0 Å². The predicted octanol–water partition coefficient (Wildman–Crippen LogP) is 6.06. The van der Waals surface area contributed by atoms with E-state index in [9.17, 15) is 20.4 Å². The Kier molecular flexibility index (Phi) is 9.08. The van der Waals surface area contributed by atoms with E-state index in [1.165, 1.54) is 0 Å². The lowest BCUT2D eigenvalue weighted by molar-refractivity contribution is 0.342. The highest BCUT2D eigenvalue weighted by atomic mass is 16.3. The van der Waals surface area contributed by atoms with Crippen LogP contribution in [0, 0.1) is 0 Å². The molecule has 3 rings (SSSR count). The molecule has 4 heteroatoms. The molecule has 0 heterocycles. The first-order chi connectivity index (χ1) is 15.5. The van der Waals surface area contributed by atoms with Gasteiger partial charge >= 0.3 is 0 Å². The number of aromatic hydroxyl groups is 3. The quantitative estimate of drug-likeness (QED) is 0.219. The van der Waals surface area contributed by atoms with E-state index in [-0.39, 0.29) is 23.9 Å². The first-order valence-corrected chi connectivity index (χ1v) is 10.1. The number of allylic oxidation sites excluding steroid dienone is 4. The summed E-state index contributed by atoms with van der Waals surface area (Å²) >= 11 is 0. The lowest BCUT2D eigenvalue weighted by Gasteiger charge is -2.19. The van der Waals surface area contributed by atoms with Gasteiger partial charge in [-0.3, -0.25) is 0 Å². The summed E-state index contributed by atoms with van der Waals surface area (Å²) in [6.45, 7) is 7.83. The maximum atomic E-state index is 9.78. The zero-order chi connectivity index (χ0) is 23.5. The smallest absolute Gasteiger partial charge is 0.115 e. The molecule has 32 heavy (non-hydrogen) atoms. The second kappa shape index (κ2) is 12.0. The van der Waals surface area contributed by atoms with E-state index in [2.05, 4.69) is 13.2 Å². The van der Waals surface area contributed by atoms with E-state index in [0.717, 1.165) is 33.4 Å². The van der Waals surface area contributed by atoms with Gasteiger partial charge in [-0.05, 0) is 76.7 Å². The van der Waals surface area contributed by atoms with Crippen molar-refractivity contribution in [1.29, 1.82) is 0 Å². The minimum atomic E-state index is -0.0893. The highest BCUT2D eigenvalue weighted by molar-refractivity contribution is 6.05. The van der Waals surface area contributed by atoms with Crippen LogP contribution in [0.15, 0.2) is 110 Å². The molecule has 4 nitrogen and oxygen atoms in total. The number of benzene rings is 3. The number of rotatable bonds is 6. The minimum absolute atomic E-state index is 0.0893. The molecule has 0 aliphatic rings. The second-order valence-corrected chi connectivity index (χ2v) is 6.72. The second-order valence-electron chi connectivity index (χ2n) is 6.72. The van der Waals surface area contributed by atoms with E-state index in [1.807, 2.05) is 55.5 Å². The maximum Gasteiger partial charge on any atom is 0.115 e. The summed E-state index contributed by atoms with van der Waals surface area (Å²) in [7, 11) is 0. The standard InChI is InChI=1S/C26H24O4.C2H4/c1-2-18(4-3-17-27)25(19-5-11-22(28)12-6-19)26(20-7-13-23(29)14-8-20)21-9-15-24(30)16-10-21;1-2/h2-16,27-30H,17H2,1H3;1-2H2/b4-3-,18-2+;. The van der Waals surface area contributed by atoms with Gasteiger partial charge < -0.3 is 20.4 Å². The molecular weight excluding hydrogens is 400 g/mol. The molecule has 4 N–H and O–H groups in total. The van der Waals surface area contributed by atoms with Crippen LogP contribution in [-0.2, 0) is 0 Å². The average Bonchev–Trinajstić information content (AvgIpc) is 2.82. The van der Waals surface area contributed by atoms with E-state index in [0.29, 0.717) is 0 Å². The van der Waals surface area contributed by atoms with Gasteiger partial charge in [-0.2, -0.15) is 0 Å². The molecule has 164 valence electrons. The van der Waals surface area contributed by atoms with Crippen molar-refractivity contribution >= 4 is 11.1 Å². The molecule has 0 unspecified atom stereocenters. The number of hydrogen-bond acceptors (Lipinski definition) is 4. The van der Waals surface area contributed by atoms with Gasteiger partial charge in [0.25, 0.3) is 0 Å². The van der Waals surface area contributed by atoms with Crippen molar-refractivity contribution < 1.29 is 20.4 Å². The van der Waals surface area contributed by atoms with Crippen molar-refractivity contribution in [3.8, 4) is 17.2 Å². The molecule has 0 saturated heterocycles. The Morgan fingerprint density at radius 2 is 1.06 bits per heavy atom. The van der Waals surface area contributed by atoms with Gasteiger partial charge in [0.1, 0.15) is 17.2 Å². The summed E-state index contributed by atoms with van der Waals surface area (Å²) in [6, 6.07) is 20.8. The zero-order valence-electron chi connectivity index (χ0n) is 18.1. The SMILES string of the molecule is C/C=C(\C=C/CO)C(=C(c1ccc(O)cc1)c1ccc(O)cc1)c1ccc(O)cc1.C=C. The topological polar surface area (TPSA) is 80.9 Å². The van der Waals surface area contributed by atoms with Gasteiger partial charge in [0.15, 0.2) is 0 Å². The fraction of sp³-hybridized carbons (Fsp3) is 0.0714. The molecule has 0 fully saturated rings. The molecule has 0 radical (unpaired) electrons. The van der Waals surface area contributed by atoms with Crippen LogP contribution in [0.25, 0.3) is 11.1 Å². The van der Waals surface area contributed by atoms with Gasteiger partial charge in [0, 0.05) is 0 Å². The van der Waals surface area contributed by atoms with Gasteiger partial charge in [-0.15, -0.1) is 13.2 Å². The van der Waals surface area contributed by atoms with Crippen molar-refractivity contribution in [1.82, 2.24) is 0 Å². The number of hydrogen-bond donors (Lipinski definition) is 4. The zero-order valence-corrected chi connectivity index (χ0v) is 18.1. The third-order valence-corrected chi connectivity index (χ3v) is 4.72. The number of phenols is 3. The largest absolute Gasteiger partial charge is 0.508 e. The normalized spacial score (nSPS) is 11.0. The number of aliphatic hydroxyl groups is 1. The number of aliphatic hydroxyl groups excluding tert-OH is 1. The van der Waals surface area contributed by atoms with Crippen molar-refractivity contribution in [2.45, 2.75) is 6.92 Å². The third-order valence-electron chi connectivity index (χ3n) is 4.72. The lowest BCUT2D eigenvalue weighted by Crippen LogP contribution is -1.98. The van der Waals surface area contributed by atoms with Crippen LogP contribution in [0.3, 0.4) is 0 Å². The summed E-state index contributed by atoms with van der Waals surface area (Å²) < 4.78 is 0. The summed E-state index contributed by atoms with van der Waals surface area (Å²) in [6.07, 6.45) is 5.47. The first kappa shape index (κ1) is 24.3. The molecule has 0 aliphatic carbocycles. The first-order valence-electron chi connectivity index (χ1n) is 10.1. The Morgan fingerprint density at radius 1 is 0.688 bits per heavy atom. The number of phenolic OH excluding ortho intramolecular Hbond substituents is 3. The van der Waals surface area contributed by atoms with Crippen LogP contribution < -0.4 is 0 Å². The highest BCUT2D eigenvalue weighted by Gasteiger charge is 2.17. The van der Waals surface area contributed by atoms with Crippen LogP contribution in [0.1, 0.15) is 23.6 Å². The Morgan fingerprint density at radius 3 is 1.41 bits per heavy atom. The van der Waals surface area contributed by atoms with Crippen LogP contribution in [0.5, 0.6) is 17.2 Å². The van der Waals surface area contributed by atoms with Crippen molar-refractivity contribution in [2.75, 3.05) is 6.61 Å². The third kappa shape index (κ3) is 6.00. The Labute approximate surface area is 189 Å². The van der Waals surface area contributed by atoms with Crippen molar-refractivity contribution in [3.05, 3.63) is 126 Å². The van der Waals surface area contributed by atoms with Gasteiger partial charge in [0.2, 0.25) is 0 Å². The fourth-order valence-corrected chi connectivity index (χ4v) is 3.30. The Hall–Kier alpha value is -4.02. The highest BCUT2D eigenvalue weighted by Crippen LogP contribution is 2.38. The van der Waals surface area contributed by atoms with Crippen LogP contribution >= 0.6 is 0 Å². The van der Waals surface area contributed by atoms with Crippen LogP contribution in [0.2, 0.25) is 0 Å². The molecule has 0 aromatic heterocycles. The molecular formula is C28H28O4. The van der Waals surface area contributed by atoms with Gasteiger partial charge in [-0.25, -0.2) is 0 Å². The van der Waals surface area contributed by atoms with E-state index >= 15 is 0 Å². The molecule has 0 saturated carbocycles. The minimum Gasteiger partial charge on any atom is -0.508 e. The van der Waals surface area contributed by atoms with E-state index < -0.39 is 0 Å². The summed E-state index contributed by atoms with van der Waals surface area (Å²) in [5.41, 5.74) is 5.28. The molecule has 0 atom stereocenters. The summed E-state index contributed by atoms with van der Waals surface area (Å²) in [5.74, 6) is 0.504. The molecule has 0 aliphatic heterocycles. The lowest BCUT2D eigenvalue weighted by atomic mass is 9.85. The fourth-order valence-electron chi connectivity index (χ4n) is 3.30.